The van der Waals surface area contributed by atoms with Crippen molar-refractivity contribution in [3.05, 3.63) is 10.7 Å². The Morgan fingerprint density at radius 3 is 2.61 bits per heavy atom. The van der Waals surface area contributed by atoms with E-state index in [-0.39, 0.29) is 14.2 Å². The number of hydrogen-bond acceptors (Lipinski definition) is 5. The molecule has 18 heavy (non-hydrogen) atoms. The molecule has 102 valence electrons. The number of likely N-dealkylation sites (N-methyl/N-ethyl adjacent to an activating group) is 1. The first-order valence-corrected chi connectivity index (χ1v) is 8.32. The van der Waals surface area contributed by atoms with Crippen LogP contribution >= 0.6 is 22.9 Å². The number of halogens is 1. The summed E-state index contributed by atoms with van der Waals surface area (Å²) in [6, 6.07) is 0. The predicted octanol–water partition coefficient (Wildman–Crippen LogP) is 1.56. The summed E-state index contributed by atoms with van der Waals surface area (Å²) in [6.45, 7) is 0.428. The van der Waals surface area contributed by atoms with Crippen LogP contribution in [0.5, 0.6) is 0 Å². The monoisotopic (exact) mass is 309 g/mol. The zero-order valence-corrected chi connectivity index (χ0v) is 12.7. The SMILES string of the molecule is CN(C)C1(CNS(=O)(=O)c2cnc(Cl)s2)CCC1. The zero-order valence-electron chi connectivity index (χ0n) is 10.3. The molecule has 0 amide bonds. The number of rotatable bonds is 5. The van der Waals surface area contributed by atoms with Gasteiger partial charge in [0.25, 0.3) is 10.0 Å². The lowest BCUT2D eigenvalue weighted by atomic mass is 9.76. The lowest BCUT2D eigenvalue weighted by Crippen LogP contribution is -2.57. The van der Waals surface area contributed by atoms with Crippen molar-refractivity contribution < 1.29 is 8.42 Å². The molecule has 1 aromatic rings. The highest BCUT2D eigenvalue weighted by molar-refractivity contribution is 7.91. The van der Waals surface area contributed by atoms with E-state index < -0.39 is 10.0 Å². The minimum Gasteiger partial charge on any atom is -0.302 e. The summed E-state index contributed by atoms with van der Waals surface area (Å²) in [5.74, 6) is 0. The highest BCUT2D eigenvalue weighted by atomic mass is 35.5. The Bertz CT molecular complexity index is 523. The van der Waals surface area contributed by atoms with Crippen molar-refractivity contribution in [2.45, 2.75) is 29.0 Å². The predicted molar refractivity (Wildman–Crippen MR) is 72.6 cm³/mol. The number of aromatic nitrogens is 1. The van der Waals surface area contributed by atoms with Crippen LogP contribution in [0.1, 0.15) is 19.3 Å². The van der Waals surface area contributed by atoms with E-state index >= 15 is 0 Å². The minimum absolute atomic E-state index is 0.0401. The van der Waals surface area contributed by atoms with E-state index in [0.717, 1.165) is 30.6 Å². The van der Waals surface area contributed by atoms with Crippen LogP contribution in [0.4, 0.5) is 0 Å². The molecule has 1 fully saturated rings. The molecule has 0 atom stereocenters. The molecule has 2 rings (SSSR count). The Labute approximate surface area is 116 Å². The Hall–Kier alpha value is -0.210. The summed E-state index contributed by atoms with van der Waals surface area (Å²) in [6.07, 6.45) is 4.47. The normalized spacial score (nSPS) is 18.9. The Morgan fingerprint density at radius 2 is 2.22 bits per heavy atom. The van der Waals surface area contributed by atoms with Crippen LogP contribution in [0, 0.1) is 0 Å². The fourth-order valence-electron chi connectivity index (χ4n) is 2.03. The number of nitrogens with one attached hydrogen (secondary N) is 1. The number of thiazole rings is 1. The van der Waals surface area contributed by atoms with Crippen molar-refractivity contribution in [1.82, 2.24) is 14.6 Å². The van der Waals surface area contributed by atoms with Gasteiger partial charge < -0.3 is 4.90 Å². The Kier molecular flexibility index (Phi) is 3.99. The molecule has 0 saturated heterocycles. The molecule has 1 aromatic heterocycles. The molecule has 0 spiro atoms. The average Bonchev–Trinajstić information content (AvgIpc) is 2.63. The third-order valence-corrected chi connectivity index (χ3v) is 6.52. The van der Waals surface area contributed by atoms with E-state index in [1.807, 2.05) is 14.1 Å². The summed E-state index contributed by atoms with van der Waals surface area (Å²) < 4.78 is 27.1. The number of nitrogens with zero attached hydrogens (tertiary/aromatic N) is 2. The Balaban J connectivity index is 2.06. The van der Waals surface area contributed by atoms with E-state index in [2.05, 4.69) is 14.6 Å². The van der Waals surface area contributed by atoms with Gasteiger partial charge in [-0.3, -0.25) is 0 Å². The molecule has 8 heteroatoms. The van der Waals surface area contributed by atoms with Gasteiger partial charge in [-0.05, 0) is 33.4 Å². The summed E-state index contributed by atoms with van der Waals surface area (Å²) in [7, 11) is 0.479. The highest BCUT2D eigenvalue weighted by Gasteiger charge is 2.40. The smallest absolute Gasteiger partial charge is 0.251 e. The molecule has 1 heterocycles. The fraction of sp³-hybridized carbons (Fsp3) is 0.700. The minimum atomic E-state index is -3.49. The van der Waals surface area contributed by atoms with Crippen molar-refractivity contribution in [2.75, 3.05) is 20.6 Å². The molecule has 1 N–H and O–H groups in total. The quantitative estimate of drug-likeness (QED) is 0.896. The maximum atomic E-state index is 12.0. The van der Waals surface area contributed by atoms with Gasteiger partial charge in [0.05, 0.1) is 6.20 Å². The van der Waals surface area contributed by atoms with E-state index in [0.29, 0.717) is 6.54 Å². The molecule has 0 aliphatic heterocycles. The van der Waals surface area contributed by atoms with E-state index in [4.69, 9.17) is 11.6 Å². The second-order valence-corrected chi connectivity index (χ2v) is 8.34. The molecule has 0 bridgehead atoms. The molecule has 1 aliphatic carbocycles. The molecular weight excluding hydrogens is 294 g/mol. The van der Waals surface area contributed by atoms with Crippen LogP contribution < -0.4 is 4.72 Å². The topological polar surface area (TPSA) is 62.3 Å². The van der Waals surface area contributed by atoms with Crippen LogP contribution in [0.2, 0.25) is 4.47 Å². The summed E-state index contributed by atoms with van der Waals surface area (Å²) in [4.78, 5) is 5.85. The van der Waals surface area contributed by atoms with Crippen molar-refractivity contribution in [3.63, 3.8) is 0 Å². The summed E-state index contributed by atoms with van der Waals surface area (Å²) in [5, 5.41) is 0. The van der Waals surface area contributed by atoms with Gasteiger partial charge in [-0.2, -0.15) is 0 Å². The third kappa shape index (κ3) is 2.70. The summed E-state index contributed by atoms with van der Waals surface area (Å²) in [5.41, 5.74) is -0.0401. The van der Waals surface area contributed by atoms with Crippen molar-refractivity contribution in [3.8, 4) is 0 Å². The fourth-order valence-corrected chi connectivity index (χ4v) is 4.49. The first kappa shape index (κ1) is 14.2. The third-order valence-electron chi connectivity index (χ3n) is 3.55. The highest BCUT2D eigenvalue weighted by Crippen LogP contribution is 2.35. The van der Waals surface area contributed by atoms with E-state index in [9.17, 15) is 8.42 Å². The van der Waals surface area contributed by atoms with Gasteiger partial charge in [0.1, 0.15) is 0 Å². The Morgan fingerprint density at radius 1 is 1.56 bits per heavy atom. The van der Waals surface area contributed by atoms with Crippen molar-refractivity contribution >= 4 is 33.0 Å². The van der Waals surface area contributed by atoms with Crippen LogP contribution in [0.25, 0.3) is 0 Å². The first-order valence-electron chi connectivity index (χ1n) is 5.64. The molecule has 0 aromatic carbocycles. The van der Waals surface area contributed by atoms with Crippen LogP contribution in [0.3, 0.4) is 0 Å². The maximum Gasteiger partial charge on any atom is 0.251 e. The van der Waals surface area contributed by atoms with Gasteiger partial charge in [0, 0.05) is 12.1 Å². The van der Waals surface area contributed by atoms with Crippen LogP contribution in [-0.2, 0) is 10.0 Å². The van der Waals surface area contributed by atoms with Gasteiger partial charge >= 0.3 is 0 Å². The van der Waals surface area contributed by atoms with Crippen molar-refractivity contribution in [2.24, 2.45) is 0 Å². The second kappa shape index (κ2) is 5.05. The van der Waals surface area contributed by atoms with E-state index in [1.165, 1.54) is 6.20 Å². The van der Waals surface area contributed by atoms with Gasteiger partial charge in [0.15, 0.2) is 8.68 Å². The second-order valence-electron chi connectivity index (χ2n) is 4.73. The van der Waals surface area contributed by atoms with Gasteiger partial charge in [-0.1, -0.05) is 22.9 Å². The largest absolute Gasteiger partial charge is 0.302 e. The maximum absolute atomic E-state index is 12.0. The lowest BCUT2D eigenvalue weighted by molar-refractivity contribution is 0.0657. The molecule has 0 radical (unpaired) electrons. The van der Waals surface area contributed by atoms with Crippen LogP contribution in [0.15, 0.2) is 10.4 Å². The molecule has 5 nitrogen and oxygen atoms in total. The zero-order chi connectivity index (χ0) is 13.4. The lowest BCUT2D eigenvalue weighted by Gasteiger charge is -2.47. The first-order chi connectivity index (χ1) is 8.36. The van der Waals surface area contributed by atoms with Crippen LogP contribution in [-0.4, -0.2) is 44.5 Å². The van der Waals surface area contributed by atoms with Gasteiger partial charge in [0.2, 0.25) is 0 Å². The van der Waals surface area contributed by atoms with Gasteiger partial charge in [-0.15, -0.1) is 0 Å². The standard InChI is InChI=1S/C10H16ClN3O2S2/c1-14(2)10(4-3-5-10)7-13-18(15,16)8-6-12-9(11)17-8/h6,13H,3-5,7H2,1-2H3. The van der Waals surface area contributed by atoms with E-state index in [1.54, 1.807) is 0 Å². The molecular formula is C10H16ClN3O2S2. The summed E-state index contributed by atoms with van der Waals surface area (Å²) >= 11 is 6.62. The number of hydrogen-bond donors (Lipinski definition) is 1. The molecule has 1 saturated carbocycles. The van der Waals surface area contributed by atoms with Crippen molar-refractivity contribution in [1.29, 1.82) is 0 Å². The molecule has 0 unspecified atom stereocenters. The molecule has 1 aliphatic rings. The number of sulfonamides is 1. The average molecular weight is 310 g/mol. The van der Waals surface area contributed by atoms with Gasteiger partial charge in [-0.25, -0.2) is 18.1 Å².